The Bertz CT molecular complexity index is 990. The van der Waals surface area contributed by atoms with Gasteiger partial charge in [-0.15, -0.1) is 11.3 Å². The van der Waals surface area contributed by atoms with Crippen LogP contribution in [0.15, 0.2) is 41.8 Å². The number of thiophene rings is 1. The Labute approximate surface area is 198 Å². The molecule has 9 heteroatoms. The van der Waals surface area contributed by atoms with Gasteiger partial charge >= 0.3 is 0 Å². The molecule has 3 amide bonds. The third-order valence-corrected chi connectivity index (χ3v) is 7.18. The molecule has 8 nitrogen and oxygen atoms in total. The van der Waals surface area contributed by atoms with E-state index in [9.17, 15) is 14.4 Å². The van der Waals surface area contributed by atoms with Gasteiger partial charge in [-0.05, 0) is 35.6 Å². The Hall–Kier alpha value is -2.91. The molecule has 0 aliphatic carbocycles. The maximum Gasteiger partial charge on any atom is 0.264 e. The van der Waals surface area contributed by atoms with E-state index >= 15 is 0 Å². The van der Waals surface area contributed by atoms with E-state index in [0.29, 0.717) is 37.5 Å². The molecule has 3 heterocycles. The van der Waals surface area contributed by atoms with Crippen LogP contribution in [0, 0.1) is 0 Å². The number of hydrogen-bond acceptors (Lipinski definition) is 6. The molecule has 1 N–H and O–H groups in total. The Morgan fingerprint density at radius 1 is 1.18 bits per heavy atom. The van der Waals surface area contributed by atoms with E-state index < -0.39 is 6.04 Å². The normalized spacial score (nSPS) is 20.5. The number of hydrogen-bond donors (Lipinski definition) is 1. The summed E-state index contributed by atoms with van der Waals surface area (Å²) < 4.78 is 5.35. The molecule has 2 saturated heterocycles. The van der Waals surface area contributed by atoms with Crippen molar-refractivity contribution in [3.05, 3.63) is 52.2 Å². The van der Waals surface area contributed by atoms with E-state index in [1.807, 2.05) is 51.6 Å². The molecular formula is C24H30N4O4S. The summed E-state index contributed by atoms with van der Waals surface area (Å²) in [5.74, 6) is 0.464. The number of ether oxygens (including phenoxy) is 1. The second-order valence-electron chi connectivity index (χ2n) is 8.41. The standard InChI is InChI=1S/C24H30N4O4S/c1-17(29)27-16-19(14-21(27)23(30)26-10-8-25-9-11-26)28(24(31)22-7-4-12-33-22)15-18-5-3-6-20(13-18)32-2/h3-7,12-13,19,21,25H,8-11,14-16H2,1-2H3. The number of nitrogens with zero attached hydrogens (tertiary/aromatic N) is 3. The second-order valence-corrected chi connectivity index (χ2v) is 9.36. The van der Waals surface area contributed by atoms with Crippen molar-refractivity contribution in [2.45, 2.75) is 32.0 Å². The SMILES string of the molecule is COc1cccc(CN(C(=O)c2cccs2)C2CC(C(=O)N3CCNCC3)N(C(C)=O)C2)c1. The van der Waals surface area contributed by atoms with Crippen molar-refractivity contribution in [3.8, 4) is 5.75 Å². The van der Waals surface area contributed by atoms with Crippen LogP contribution in [-0.4, -0.2) is 84.3 Å². The molecule has 2 aliphatic heterocycles. The van der Waals surface area contributed by atoms with Crippen LogP contribution in [0.1, 0.15) is 28.6 Å². The van der Waals surface area contributed by atoms with Gasteiger partial charge in [0.1, 0.15) is 11.8 Å². The summed E-state index contributed by atoms with van der Waals surface area (Å²) in [7, 11) is 1.61. The quantitative estimate of drug-likeness (QED) is 0.697. The first-order valence-corrected chi connectivity index (χ1v) is 12.1. The lowest BCUT2D eigenvalue weighted by Gasteiger charge is -2.32. The van der Waals surface area contributed by atoms with Gasteiger partial charge in [-0.3, -0.25) is 14.4 Å². The van der Waals surface area contributed by atoms with Crippen LogP contribution in [-0.2, 0) is 16.1 Å². The number of methoxy groups -OCH3 is 1. The average Bonchev–Trinajstić information content (AvgIpc) is 3.53. The molecule has 2 unspecified atom stereocenters. The molecule has 33 heavy (non-hydrogen) atoms. The minimum Gasteiger partial charge on any atom is -0.497 e. The fourth-order valence-corrected chi connectivity index (χ4v) is 5.27. The van der Waals surface area contributed by atoms with Crippen molar-refractivity contribution in [2.24, 2.45) is 0 Å². The molecule has 0 spiro atoms. The Morgan fingerprint density at radius 3 is 2.64 bits per heavy atom. The number of piperazine rings is 1. The lowest BCUT2D eigenvalue weighted by Crippen LogP contribution is -2.53. The van der Waals surface area contributed by atoms with Crippen LogP contribution in [0.25, 0.3) is 0 Å². The van der Waals surface area contributed by atoms with E-state index in [0.717, 1.165) is 24.4 Å². The molecule has 2 fully saturated rings. The summed E-state index contributed by atoms with van der Waals surface area (Å²) in [5, 5.41) is 5.13. The third-order valence-electron chi connectivity index (χ3n) is 6.32. The van der Waals surface area contributed by atoms with Crippen molar-refractivity contribution in [1.29, 1.82) is 0 Å². The van der Waals surface area contributed by atoms with Crippen LogP contribution in [0.2, 0.25) is 0 Å². The van der Waals surface area contributed by atoms with Crippen LogP contribution >= 0.6 is 11.3 Å². The number of carbonyl (C=O) groups is 3. The number of amides is 3. The molecule has 0 saturated carbocycles. The number of benzene rings is 1. The average molecular weight is 471 g/mol. The van der Waals surface area contributed by atoms with Gasteiger partial charge in [0.05, 0.1) is 18.0 Å². The van der Waals surface area contributed by atoms with Gasteiger partial charge in [0.2, 0.25) is 11.8 Å². The molecule has 2 aliphatic rings. The molecule has 0 radical (unpaired) electrons. The molecule has 4 rings (SSSR count). The van der Waals surface area contributed by atoms with Gasteiger partial charge in [-0.1, -0.05) is 18.2 Å². The lowest BCUT2D eigenvalue weighted by molar-refractivity contribution is -0.143. The minimum absolute atomic E-state index is 0.0286. The highest BCUT2D eigenvalue weighted by molar-refractivity contribution is 7.12. The van der Waals surface area contributed by atoms with Gasteiger partial charge in [-0.2, -0.15) is 0 Å². The van der Waals surface area contributed by atoms with Crippen molar-refractivity contribution >= 4 is 29.1 Å². The maximum atomic E-state index is 13.5. The highest BCUT2D eigenvalue weighted by Gasteiger charge is 2.43. The first-order valence-electron chi connectivity index (χ1n) is 11.2. The highest BCUT2D eigenvalue weighted by Crippen LogP contribution is 2.28. The maximum absolute atomic E-state index is 13.5. The second kappa shape index (κ2) is 10.4. The largest absolute Gasteiger partial charge is 0.497 e. The Morgan fingerprint density at radius 2 is 1.97 bits per heavy atom. The highest BCUT2D eigenvalue weighted by atomic mass is 32.1. The third kappa shape index (κ3) is 5.20. The zero-order valence-corrected chi connectivity index (χ0v) is 19.8. The van der Waals surface area contributed by atoms with E-state index in [1.54, 1.807) is 12.0 Å². The van der Waals surface area contributed by atoms with Gasteiger partial charge < -0.3 is 24.8 Å². The molecule has 1 aromatic heterocycles. The van der Waals surface area contributed by atoms with Gasteiger partial charge in [0.15, 0.2) is 0 Å². The topological polar surface area (TPSA) is 82.2 Å². The summed E-state index contributed by atoms with van der Waals surface area (Å²) in [5.41, 5.74) is 0.936. The monoisotopic (exact) mass is 470 g/mol. The van der Waals surface area contributed by atoms with Crippen LogP contribution < -0.4 is 10.1 Å². The van der Waals surface area contributed by atoms with Gasteiger partial charge in [-0.25, -0.2) is 0 Å². The summed E-state index contributed by atoms with van der Waals surface area (Å²) in [6, 6.07) is 10.5. The van der Waals surface area contributed by atoms with Gasteiger partial charge in [0.25, 0.3) is 5.91 Å². The van der Waals surface area contributed by atoms with Gasteiger partial charge in [0, 0.05) is 46.2 Å². The number of likely N-dealkylation sites (tertiary alicyclic amines) is 1. The summed E-state index contributed by atoms with van der Waals surface area (Å²) in [6.45, 7) is 4.98. The van der Waals surface area contributed by atoms with E-state index in [1.165, 1.54) is 18.3 Å². The predicted octanol–water partition coefficient (Wildman–Crippen LogP) is 1.82. The molecular weight excluding hydrogens is 440 g/mol. The fraction of sp³-hybridized carbons (Fsp3) is 0.458. The zero-order valence-electron chi connectivity index (χ0n) is 19.0. The molecule has 2 atom stereocenters. The number of rotatable bonds is 6. The van der Waals surface area contributed by atoms with Crippen LogP contribution in [0.4, 0.5) is 0 Å². The Balaban J connectivity index is 1.60. The Kier molecular flexibility index (Phi) is 7.29. The van der Waals surface area contributed by atoms with E-state index in [4.69, 9.17) is 4.74 Å². The zero-order chi connectivity index (χ0) is 23.4. The van der Waals surface area contributed by atoms with Crippen molar-refractivity contribution in [2.75, 3.05) is 39.8 Å². The lowest BCUT2D eigenvalue weighted by atomic mass is 10.1. The fourth-order valence-electron chi connectivity index (χ4n) is 4.59. The molecule has 0 bridgehead atoms. The van der Waals surface area contributed by atoms with E-state index in [-0.39, 0.29) is 23.8 Å². The molecule has 176 valence electrons. The number of carbonyl (C=O) groups excluding carboxylic acids is 3. The first kappa shape index (κ1) is 23.3. The van der Waals surface area contributed by atoms with Crippen LogP contribution in [0.3, 0.4) is 0 Å². The van der Waals surface area contributed by atoms with Crippen LogP contribution in [0.5, 0.6) is 5.75 Å². The smallest absolute Gasteiger partial charge is 0.264 e. The molecule has 2 aromatic rings. The van der Waals surface area contributed by atoms with E-state index in [2.05, 4.69) is 5.32 Å². The summed E-state index contributed by atoms with van der Waals surface area (Å²) in [4.78, 5) is 45.2. The van der Waals surface area contributed by atoms with Crippen molar-refractivity contribution < 1.29 is 19.1 Å². The van der Waals surface area contributed by atoms with Crippen molar-refractivity contribution in [3.63, 3.8) is 0 Å². The minimum atomic E-state index is -0.547. The molecule has 1 aromatic carbocycles. The van der Waals surface area contributed by atoms with Crippen molar-refractivity contribution in [1.82, 2.24) is 20.0 Å². The number of nitrogens with one attached hydrogen (secondary N) is 1. The first-order chi connectivity index (χ1) is 16.0. The summed E-state index contributed by atoms with van der Waals surface area (Å²) >= 11 is 1.39. The summed E-state index contributed by atoms with van der Waals surface area (Å²) in [6.07, 6.45) is 0.434. The predicted molar refractivity (Wildman–Crippen MR) is 126 cm³/mol.